The summed E-state index contributed by atoms with van der Waals surface area (Å²) in [5.41, 5.74) is 4.77. The Hall–Kier alpha value is -3.75. The number of nitrogens with zero attached hydrogens (tertiary/aromatic N) is 4. The van der Waals surface area contributed by atoms with E-state index in [0.29, 0.717) is 24.3 Å². The number of rotatable bonds is 9. The van der Waals surface area contributed by atoms with E-state index in [1.54, 1.807) is 6.20 Å². The van der Waals surface area contributed by atoms with Gasteiger partial charge in [0.2, 0.25) is 0 Å². The number of piperazine rings is 1. The number of hydrogen-bond donors (Lipinski definition) is 1. The minimum Gasteiger partial charge on any atom is -0.453 e. The molecule has 2 heterocycles. The Morgan fingerprint density at radius 3 is 2.34 bits per heavy atom. The van der Waals surface area contributed by atoms with Crippen molar-refractivity contribution in [3.8, 4) is 0 Å². The summed E-state index contributed by atoms with van der Waals surface area (Å²) in [5.74, 6) is 0.0476. The lowest BCUT2D eigenvalue weighted by Crippen LogP contribution is -2.47. The molecule has 0 saturated carbocycles. The van der Waals surface area contributed by atoms with E-state index >= 15 is 0 Å². The van der Waals surface area contributed by atoms with Crippen molar-refractivity contribution < 1.29 is 14.3 Å². The summed E-state index contributed by atoms with van der Waals surface area (Å²) in [4.78, 5) is 35.7. The van der Waals surface area contributed by atoms with Gasteiger partial charge in [-0.2, -0.15) is 0 Å². The van der Waals surface area contributed by atoms with E-state index in [0.717, 1.165) is 43.9 Å². The molecule has 1 aliphatic rings. The molecule has 1 aliphatic heterocycles. The van der Waals surface area contributed by atoms with E-state index in [1.165, 1.54) is 12.7 Å². The minimum absolute atomic E-state index is 0.0208. The minimum atomic E-state index is -0.498. The Labute approximate surface area is 225 Å². The predicted octanol–water partition coefficient (Wildman–Crippen LogP) is 4.65. The van der Waals surface area contributed by atoms with Crippen molar-refractivity contribution in [3.05, 3.63) is 95.3 Å². The van der Waals surface area contributed by atoms with E-state index in [9.17, 15) is 9.59 Å². The third-order valence-corrected chi connectivity index (χ3v) is 7.06. The molecule has 0 spiro atoms. The molecule has 0 radical (unpaired) electrons. The molecular formula is C30H37N5O3. The standard InChI is InChI=1S/C30H37N5O3/c1-4-34(5-2)29(36)25-13-11-24(12-14-25)28(26-9-6-10-27(20-26)32-30(37)38-3)35-18-16-33(17-19-35)22-23-8-7-15-31-21-23/h6-15,20-21,28H,4-5,16-19,22H2,1-3H3,(H,32,37)/t28-/m1/s1. The van der Waals surface area contributed by atoms with Crippen LogP contribution in [0.3, 0.4) is 0 Å². The molecule has 0 unspecified atom stereocenters. The Kier molecular flexibility index (Phi) is 9.46. The highest BCUT2D eigenvalue weighted by Crippen LogP contribution is 2.32. The molecule has 8 nitrogen and oxygen atoms in total. The molecule has 2 amide bonds. The summed E-state index contributed by atoms with van der Waals surface area (Å²) < 4.78 is 4.78. The fourth-order valence-electron chi connectivity index (χ4n) is 5.00. The number of anilines is 1. The first kappa shape index (κ1) is 27.3. The second kappa shape index (κ2) is 13.2. The van der Waals surface area contributed by atoms with Crippen LogP contribution in [-0.2, 0) is 11.3 Å². The quantitative estimate of drug-likeness (QED) is 0.447. The van der Waals surface area contributed by atoms with Gasteiger partial charge in [0.25, 0.3) is 5.91 Å². The average Bonchev–Trinajstić information content (AvgIpc) is 2.96. The van der Waals surface area contributed by atoms with Gasteiger partial charge in [0.05, 0.1) is 13.2 Å². The lowest BCUT2D eigenvalue weighted by atomic mass is 9.94. The van der Waals surface area contributed by atoms with Gasteiger partial charge in [-0.25, -0.2) is 4.79 Å². The van der Waals surface area contributed by atoms with Crippen LogP contribution >= 0.6 is 0 Å². The van der Waals surface area contributed by atoms with Gasteiger partial charge in [-0.15, -0.1) is 0 Å². The number of nitrogens with one attached hydrogen (secondary N) is 1. The van der Waals surface area contributed by atoms with Crippen molar-refractivity contribution in [2.24, 2.45) is 0 Å². The zero-order valence-corrected chi connectivity index (χ0v) is 22.5. The number of ether oxygens (including phenoxy) is 1. The molecule has 4 rings (SSSR count). The maximum absolute atomic E-state index is 12.9. The van der Waals surface area contributed by atoms with Gasteiger partial charge in [0.15, 0.2) is 0 Å². The van der Waals surface area contributed by atoms with Crippen LogP contribution in [0.4, 0.5) is 10.5 Å². The summed E-state index contributed by atoms with van der Waals surface area (Å²) in [6.45, 7) is 9.89. The summed E-state index contributed by atoms with van der Waals surface area (Å²) in [6.07, 6.45) is 3.23. The van der Waals surface area contributed by atoms with Crippen molar-refractivity contribution in [3.63, 3.8) is 0 Å². The highest BCUT2D eigenvalue weighted by atomic mass is 16.5. The third kappa shape index (κ3) is 6.76. The SMILES string of the molecule is CCN(CC)C(=O)c1ccc([C@H](c2cccc(NC(=O)OC)c2)N2CCN(Cc3cccnc3)CC2)cc1. The van der Waals surface area contributed by atoms with Gasteiger partial charge < -0.3 is 9.64 Å². The lowest BCUT2D eigenvalue weighted by molar-refractivity contribution is 0.0772. The van der Waals surface area contributed by atoms with Crippen molar-refractivity contribution >= 4 is 17.7 Å². The lowest BCUT2D eigenvalue weighted by Gasteiger charge is -2.40. The number of benzene rings is 2. The van der Waals surface area contributed by atoms with Crippen LogP contribution in [0.1, 0.15) is 46.9 Å². The number of aromatic nitrogens is 1. The zero-order valence-electron chi connectivity index (χ0n) is 22.5. The maximum atomic E-state index is 12.9. The maximum Gasteiger partial charge on any atom is 0.411 e. The highest BCUT2D eigenvalue weighted by Gasteiger charge is 2.27. The van der Waals surface area contributed by atoms with Crippen molar-refractivity contribution in [1.29, 1.82) is 0 Å². The molecule has 1 atom stereocenters. The number of carbonyl (C=O) groups excluding carboxylic acids is 2. The van der Waals surface area contributed by atoms with E-state index in [4.69, 9.17) is 4.74 Å². The monoisotopic (exact) mass is 515 g/mol. The molecule has 0 bridgehead atoms. The molecule has 8 heteroatoms. The Morgan fingerprint density at radius 1 is 0.974 bits per heavy atom. The number of hydrogen-bond acceptors (Lipinski definition) is 6. The summed E-state index contributed by atoms with van der Waals surface area (Å²) in [6, 6.07) is 19.9. The van der Waals surface area contributed by atoms with Crippen molar-refractivity contribution in [1.82, 2.24) is 19.7 Å². The largest absolute Gasteiger partial charge is 0.453 e. The molecule has 1 fully saturated rings. The van der Waals surface area contributed by atoms with E-state index in [1.807, 2.05) is 61.3 Å². The van der Waals surface area contributed by atoms with E-state index < -0.39 is 6.09 Å². The van der Waals surface area contributed by atoms with Crippen LogP contribution in [0.5, 0.6) is 0 Å². The highest BCUT2D eigenvalue weighted by molar-refractivity contribution is 5.94. The van der Waals surface area contributed by atoms with Gasteiger partial charge in [0.1, 0.15) is 0 Å². The first-order valence-corrected chi connectivity index (χ1v) is 13.2. The van der Waals surface area contributed by atoms with Crippen LogP contribution < -0.4 is 5.32 Å². The van der Waals surface area contributed by atoms with Gasteiger partial charge in [-0.1, -0.05) is 30.3 Å². The van der Waals surface area contributed by atoms with Crippen LogP contribution in [0.25, 0.3) is 0 Å². The number of carbonyl (C=O) groups is 2. The smallest absolute Gasteiger partial charge is 0.411 e. The first-order chi connectivity index (χ1) is 18.5. The number of pyridine rings is 1. The fourth-order valence-corrected chi connectivity index (χ4v) is 5.00. The van der Waals surface area contributed by atoms with Gasteiger partial charge in [0, 0.05) is 69.5 Å². The molecule has 0 aliphatic carbocycles. The van der Waals surface area contributed by atoms with Gasteiger partial charge in [-0.05, 0) is 60.9 Å². The molecule has 1 saturated heterocycles. The summed E-state index contributed by atoms with van der Waals surface area (Å²) in [7, 11) is 1.36. The Bertz CT molecular complexity index is 1190. The van der Waals surface area contributed by atoms with Gasteiger partial charge in [-0.3, -0.25) is 24.9 Å². The second-order valence-corrected chi connectivity index (χ2v) is 9.42. The molecule has 2 aromatic carbocycles. The predicted molar refractivity (Wildman–Crippen MR) is 149 cm³/mol. The average molecular weight is 516 g/mol. The topological polar surface area (TPSA) is 78.0 Å². The molecule has 1 aromatic heterocycles. The molecular weight excluding hydrogens is 478 g/mol. The van der Waals surface area contributed by atoms with Crippen LogP contribution in [0.2, 0.25) is 0 Å². The van der Waals surface area contributed by atoms with Crippen LogP contribution in [-0.4, -0.2) is 78.1 Å². The normalized spacial score (nSPS) is 15.0. The second-order valence-electron chi connectivity index (χ2n) is 9.42. The van der Waals surface area contributed by atoms with Gasteiger partial charge >= 0.3 is 6.09 Å². The Morgan fingerprint density at radius 2 is 1.71 bits per heavy atom. The third-order valence-electron chi connectivity index (χ3n) is 7.06. The van der Waals surface area contributed by atoms with E-state index in [-0.39, 0.29) is 11.9 Å². The summed E-state index contributed by atoms with van der Waals surface area (Å²) in [5, 5.41) is 2.78. The van der Waals surface area contributed by atoms with E-state index in [2.05, 4.69) is 44.4 Å². The fraction of sp³-hybridized carbons (Fsp3) is 0.367. The van der Waals surface area contributed by atoms with Crippen LogP contribution in [0, 0.1) is 0 Å². The van der Waals surface area contributed by atoms with Crippen molar-refractivity contribution in [2.45, 2.75) is 26.4 Å². The zero-order chi connectivity index (χ0) is 26.9. The molecule has 1 N–H and O–H groups in total. The van der Waals surface area contributed by atoms with Crippen molar-refractivity contribution in [2.75, 3.05) is 51.7 Å². The number of methoxy groups -OCH3 is 1. The van der Waals surface area contributed by atoms with Crippen LogP contribution in [0.15, 0.2) is 73.1 Å². The molecule has 38 heavy (non-hydrogen) atoms. The first-order valence-electron chi connectivity index (χ1n) is 13.2. The summed E-state index contributed by atoms with van der Waals surface area (Å²) >= 11 is 0. The number of amides is 2. The Balaban J connectivity index is 1.58. The molecule has 200 valence electrons. The molecule has 3 aromatic rings.